The van der Waals surface area contributed by atoms with Crippen LogP contribution in [0.5, 0.6) is 0 Å². The van der Waals surface area contributed by atoms with E-state index < -0.39 is 0 Å². The van der Waals surface area contributed by atoms with Gasteiger partial charge in [0.05, 0.1) is 16.6 Å². The van der Waals surface area contributed by atoms with Crippen molar-refractivity contribution >= 4 is 28.2 Å². The summed E-state index contributed by atoms with van der Waals surface area (Å²) >= 11 is 0. The molecule has 3 aromatic heterocycles. The van der Waals surface area contributed by atoms with E-state index in [1.54, 1.807) is 12.4 Å². The van der Waals surface area contributed by atoms with E-state index in [0.717, 1.165) is 40.1 Å². The van der Waals surface area contributed by atoms with Gasteiger partial charge in [-0.1, -0.05) is 19.1 Å². The monoisotopic (exact) mass is 327 g/mol. The predicted octanol–water partition coefficient (Wildman–Crippen LogP) is 4.37. The molecule has 5 nitrogen and oxygen atoms in total. The second-order valence-electron chi connectivity index (χ2n) is 5.91. The van der Waals surface area contributed by atoms with Gasteiger partial charge in [0.15, 0.2) is 5.65 Å². The molecule has 0 amide bonds. The van der Waals surface area contributed by atoms with Gasteiger partial charge in [-0.25, -0.2) is 4.98 Å². The number of fused-ring (bicyclic) bond motifs is 3. The largest absolute Gasteiger partial charge is 0.341 e. The summed E-state index contributed by atoms with van der Waals surface area (Å²) in [5.74, 6) is 0.953. The van der Waals surface area contributed by atoms with Gasteiger partial charge in [-0.3, -0.25) is 9.38 Å². The van der Waals surface area contributed by atoms with E-state index >= 15 is 0 Å². The van der Waals surface area contributed by atoms with E-state index in [2.05, 4.69) is 27.7 Å². The molecule has 0 saturated heterocycles. The number of rotatable bonds is 3. The maximum Gasteiger partial charge on any atom is 0.157 e. The fourth-order valence-corrected chi connectivity index (χ4v) is 3.32. The summed E-state index contributed by atoms with van der Waals surface area (Å²) in [6, 6.07) is 14.2. The molecule has 0 bridgehead atoms. The molecule has 0 fully saturated rings. The van der Waals surface area contributed by atoms with Crippen molar-refractivity contribution in [2.75, 3.05) is 5.32 Å². The summed E-state index contributed by atoms with van der Waals surface area (Å²) in [6.07, 6.45) is 4.33. The Morgan fingerprint density at radius 2 is 1.92 bits per heavy atom. The number of aromatic nitrogens is 3. The van der Waals surface area contributed by atoms with E-state index in [0.29, 0.717) is 11.2 Å². The van der Waals surface area contributed by atoms with Crippen LogP contribution in [0.4, 0.5) is 11.5 Å². The van der Waals surface area contributed by atoms with E-state index in [-0.39, 0.29) is 0 Å². The lowest BCUT2D eigenvalue weighted by molar-refractivity contribution is 1.05. The molecule has 4 aromatic rings. The Bertz CT molecular complexity index is 1120. The van der Waals surface area contributed by atoms with Crippen molar-refractivity contribution in [3.63, 3.8) is 0 Å². The molecule has 0 aliphatic heterocycles. The number of anilines is 2. The summed E-state index contributed by atoms with van der Waals surface area (Å²) in [5.41, 5.74) is 6.23. The van der Waals surface area contributed by atoms with Crippen LogP contribution in [0.2, 0.25) is 0 Å². The van der Waals surface area contributed by atoms with Crippen LogP contribution in [0.25, 0.3) is 16.7 Å². The molecular formula is C20H17N5. The first kappa shape index (κ1) is 15.2. The van der Waals surface area contributed by atoms with Crippen LogP contribution in [0.1, 0.15) is 23.6 Å². The van der Waals surface area contributed by atoms with Gasteiger partial charge in [0.2, 0.25) is 0 Å². The standard InChI is InChI=1S/C20H17N5/c1-3-15-13(2)16(12-21)20-24-17-6-4-5-7-18(17)25(20)19(15)23-14-8-10-22-11-9-14/h4-11H,3H2,1-2H3,(H,22,23). The molecule has 0 radical (unpaired) electrons. The number of benzene rings is 1. The third kappa shape index (κ3) is 2.31. The van der Waals surface area contributed by atoms with Gasteiger partial charge in [-0.2, -0.15) is 5.26 Å². The lowest BCUT2D eigenvalue weighted by atomic mass is 10.0. The predicted molar refractivity (Wildman–Crippen MR) is 99.0 cm³/mol. The molecule has 4 rings (SSSR count). The highest BCUT2D eigenvalue weighted by Crippen LogP contribution is 2.32. The third-order valence-corrected chi connectivity index (χ3v) is 4.53. The van der Waals surface area contributed by atoms with Crippen LogP contribution in [-0.2, 0) is 6.42 Å². The molecular weight excluding hydrogens is 310 g/mol. The first-order chi connectivity index (χ1) is 12.2. The second-order valence-corrected chi connectivity index (χ2v) is 5.91. The minimum absolute atomic E-state index is 0.633. The molecule has 25 heavy (non-hydrogen) atoms. The topological polar surface area (TPSA) is 66.0 Å². The minimum Gasteiger partial charge on any atom is -0.341 e. The Labute approximate surface area is 145 Å². The summed E-state index contributed by atoms with van der Waals surface area (Å²) < 4.78 is 2.06. The number of para-hydroxylation sites is 2. The van der Waals surface area contributed by atoms with Crippen molar-refractivity contribution in [1.82, 2.24) is 14.4 Å². The minimum atomic E-state index is 0.633. The van der Waals surface area contributed by atoms with Crippen molar-refractivity contribution < 1.29 is 0 Å². The smallest absolute Gasteiger partial charge is 0.157 e. The SMILES string of the molecule is CCc1c(C)c(C#N)c2nc3ccccc3n2c1Nc1ccncc1. The average molecular weight is 327 g/mol. The first-order valence-electron chi connectivity index (χ1n) is 8.24. The van der Waals surface area contributed by atoms with Crippen LogP contribution in [0, 0.1) is 18.3 Å². The highest BCUT2D eigenvalue weighted by Gasteiger charge is 2.19. The molecule has 5 heteroatoms. The Morgan fingerprint density at radius 1 is 1.16 bits per heavy atom. The maximum atomic E-state index is 9.71. The zero-order valence-corrected chi connectivity index (χ0v) is 14.1. The summed E-state index contributed by atoms with van der Waals surface area (Å²) in [4.78, 5) is 8.79. The van der Waals surface area contributed by atoms with E-state index in [4.69, 9.17) is 4.98 Å². The number of pyridine rings is 2. The Balaban J connectivity index is 2.13. The second kappa shape index (κ2) is 5.91. The lowest BCUT2D eigenvalue weighted by Gasteiger charge is -2.18. The number of hydrogen-bond acceptors (Lipinski definition) is 4. The Kier molecular flexibility index (Phi) is 3.58. The molecule has 0 aliphatic rings. The first-order valence-corrected chi connectivity index (χ1v) is 8.24. The highest BCUT2D eigenvalue weighted by molar-refractivity contribution is 5.87. The van der Waals surface area contributed by atoms with Crippen molar-refractivity contribution in [2.24, 2.45) is 0 Å². The van der Waals surface area contributed by atoms with E-state index in [1.165, 1.54) is 0 Å². The van der Waals surface area contributed by atoms with E-state index in [9.17, 15) is 5.26 Å². The van der Waals surface area contributed by atoms with Gasteiger partial charge in [0.1, 0.15) is 11.9 Å². The molecule has 0 spiro atoms. The van der Waals surface area contributed by atoms with Crippen molar-refractivity contribution in [2.45, 2.75) is 20.3 Å². The molecule has 0 unspecified atom stereocenters. The highest BCUT2D eigenvalue weighted by atomic mass is 15.1. The number of nitriles is 1. The molecule has 1 N–H and O–H groups in total. The fraction of sp³-hybridized carbons (Fsp3) is 0.150. The van der Waals surface area contributed by atoms with Crippen molar-refractivity contribution in [3.8, 4) is 6.07 Å². The fourth-order valence-electron chi connectivity index (χ4n) is 3.32. The number of nitrogens with zero attached hydrogens (tertiary/aromatic N) is 4. The van der Waals surface area contributed by atoms with E-state index in [1.807, 2.05) is 43.3 Å². The molecule has 0 saturated carbocycles. The van der Waals surface area contributed by atoms with Crippen molar-refractivity contribution in [1.29, 1.82) is 5.26 Å². The van der Waals surface area contributed by atoms with Crippen LogP contribution >= 0.6 is 0 Å². The third-order valence-electron chi connectivity index (χ3n) is 4.53. The Hall–Kier alpha value is -3.39. The molecule has 0 aliphatic carbocycles. The summed E-state index contributed by atoms with van der Waals surface area (Å²) in [5, 5.41) is 13.2. The zero-order valence-electron chi connectivity index (χ0n) is 14.1. The summed E-state index contributed by atoms with van der Waals surface area (Å²) in [6.45, 7) is 4.10. The Morgan fingerprint density at radius 3 is 2.64 bits per heavy atom. The van der Waals surface area contributed by atoms with Gasteiger partial charge < -0.3 is 5.32 Å². The van der Waals surface area contributed by atoms with Crippen LogP contribution in [0.15, 0.2) is 48.8 Å². The quantitative estimate of drug-likeness (QED) is 0.607. The summed E-state index contributed by atoms with van der Waals surface area (Å²) in [7, 11) is 0. The van der Waals surface area contributed by atoms with Gasteiger partial charge in [-0.15, -0.1) is 0 Å². The lowest BCUT2D eigenvalue weighted by Crippen LogP contribution is -2.07. The van der Waals surface area contributed by atoms with Gasteiger partial charge in [-0.05, 0) is 48.7 Å². The average Bonchev–Trinajstić information content (AvgIpc) is 3.02. The van der Waals surface area contributed by atoms with Gasteiger partial charge in [0, 0.05) is 18.1 Å². The molecule has 122 valence electrons. The molecule has 1 aromatic carbocycles. The van der Waals surface area contributed by atoms with Crippen LogP contribution in [-0.4, -0.2) is 14.4 Å². The zero-order chi connectivity index (χ0) is 17.4. The maximum absolute atomic E-state index is 9.71. The number of hydrogen-bond donors (Lipinski definition) is 1. The van der Waals surface area contributed by atoms with Crippen LogP contribution < -0.4 is 5.32 Å². The molecule has 3 heterocycles. The number of nitrogens with one attached hydrogen (secondary N) is 1. The molecule has 0 atom stereocenters. The van der Waals surface area contributed by atoms with Crippen LogP contribution in [0.3, 0.4) is 0 Å². The van der Waals surface area contributed by atoms with Crippen molar-refractivity contribution in [3.05, 3.63) is 65.5 Å². The normalized spacial score (nSPS) is 10.9. The number of imidazole rings is 1. The van der Waals surface area contributed by atoms with Gasteiger partial charge in [0.25, 0.3) is 0 Å². The van der Waals surface area contributed by atoms with Gasteiger partial charge >= 0.3 is 0 Å².